The molecule has 19 heavy (non-hydrogen) atoms. The van der Waals surface area contributed by atoms with Gasteiger partial charge in [0, 0.05) is 42.5 Å². The summed E-state index contributed by atoms with van der Waals surface area (Å²) in [5.41, 5.74) is 0.0261. The van der Waals surface area contributed by atoms with Crippen molar-refractivity contribution in [1.82, 2.24) is 8.01 Å². The van der Waals surface area contributed by atoms with E-state index < -0.39 is 0 Å². The molecule has 2 rings (SSSR count). The summed E-state index contributed by atoms with van der Waals surface area (Å²) in [6.45, 7) is 7.32. The molecule has 1 atom stereocenters. The van der Waals surface area contributed by atoms with E-state index in [2.05, 4.69) is 32.6 Å². The van der Waals surface area contributed by atoms with Crippen molar-refractivity contribution in [2.45, 2.75) is 18.9 Å². The van der Waals surface area contributed by atoms with Crippen molar-refractivity contribution in [1.29, 1.82) is 5.26 Å². The Morgan fingerprint density at radius 2 is 2.05 bits per heavy atom. The Morgan fingerprint density at radius 1 is 1.37 bits per heavy atom. The van der Waals surface area contributed by atoms with E-state index in [1.54, 1.807) is 4.90 Å². The number of morpholine rings is 1. The Bertz CT molecular complexity index is 399. The van der Waals surface area contributed by atoms with Crippen LogP contribution in [0.15, 0.2) is 12.2 Å². The van der Waals surface area contributed by atoms with Crippen LogP contribution < -0.4 is 0 Å². The van der Waals surface area contributed by atoms with Crippen molar-refractivity contribution < 1.29 is 9.53 Å². The van der Waals surface area contributed by atoms with E-state index in [1.165, 1.54) is 0 Å². The van der Waals surface area contributed by atoms with Gasteiger partial charge in [0.2, 0.25) is 0 Å². The van der Waals surface area contributed by atoms with E-state index >= 15 is 0 Å². The molecule has 0 saturated carbocycles. The van der Waals surface area contributed by atoms with Crippen LogP contribution in [0.2, 0.25) is 0 Å². The minimum absolute atomic E-state index is 0.0261. The topological polar surface area (TPSA) is 56.6 Å². The number of amides is 1. The van der Waals surface area contributed by atoms with E-state index in [0.717, 1.165) is 25.9 Å². The third kappa shape index (κ3) is 3.46. The molecular formula is C13H18IN3O2. The summed E-state index contributed by atoms with van der Waals surface area (Å²) >= 11 is 2.34. The van der Waals surface area contributed by atoms with Gasteiger partial charge < -0.3 is 9.64 Å². The highest BCUT2D eigenvalue weighted by Crippen LogP contribution is 2.28. The summed E-state index contributed by atoms with van der Waals surface area (Å²) in [7, 11) is 0. The molecule has 2 aliphatic heterocycles. The Morgan fingerprint density at radius 3 is 2.68 bits per heavy atom. The summed E-state index contributed by atoms with van der Waals surface area (Å²) in [6.07, 6.45) is 2.14. The molecule has 6 heteroatoms. The van der Waals surface area contributed by atoms with Crippen molar-refractivity contribution in [2.75, 3.05) is 32.8 Å². The van der Waals surface area contributed by atoms with E-state index in [0.29, 0.717) is 25.7 Å². The molecule has 0 aromatic rings. The second-order valence-corrected chi connectivity index (χ2v) is 6.34. The third-order valence-electron chi connectivity index (χ3n) is 3.85. The smallest absolute Gasteiger partial charge is 0.264 e. The number of hydrogen-bond donors (Lipinski definition) is 0. The van der Waals surface area contributed by atoms with Crippen molar-refractivity contribution in [3.63, 3.8) is 0 Å². The highest BCUT2D eigenvalue weighted by molar-refractivity contribution is 14.1. The maximum atomic E-state index is 12.2. The van der Waals surface area contributed by atoms with Gasteiger partial charge in [-0.15, -0.1) is 0 Å². The van der Waals surface area contributed by atoms with Gasteiger partial charge in [-0.3, -0.25) is 4.79 Å². The molecule has 0 spiro atoms. The molecule has 0 bridgehead atoms. The maximum Gasteiger partial charge on any atom is 0.264 e. The predicted octanol–water partition coefficient (Wildman–Crippen LogP) is 1.36. The molecule has 104 valence electrons. The Labute approximate surface area is 127 Å². The Balaban J connectivity index is 2.06. The average molecular weight is 375 g/mol. The highest BCUT2D eigenvalue weighted by Gasteiger charge is 2.35. The zero-order valence-corrected chi connectivity index (χ0v) is 13.0. The quantitative estimate of drug-likeness (QED) is 0.317. The largest absolute Gasteiger partial charge is 0.377 e. The second-order valence-electron chi connectivity index (χ2n) is 4.98. The first-order valence-electron chi connectivity index (χ1n) is 6.52. The number of nitriles is 1. The zero-order valence-electron chi connectivity index (χ0n) is 10.8. The number of hydrogen-bond acceptors (Lipinski definition) is 4. The molecule has 0 radical (unpaired) electrons. The van der Waals surface area contributed by atoms with Gasteiger partial charge in [0.05, 0.1) is 19.3 Å². The minimum Gasteiger partial charge on any atom is -0.377 e. The van der Waals surface area contributed by atoms with Crippen molar-refractivity contribution in [3.05, 3.63) is 12.2 Å². The van der Waals surface area contributed by atoms with Gasteiger partial charge in [0.25, 0.3) is 5.91 Å². The fraction of sp³-hybridized carbons (Fsp3) is 0.692. The van der Waals surface area contributed by atoms with Crippen LogP contribution in [0.25, 0.3) is 0 Å². The van der Waals surface area contributed by atoms with Crippen LogP contribution in [0.4, 0.5) is 0 Å². The van der Waals surface area contributed by atoms with E-state index in [4.69, 9.17) is 10.00 Å². The molecule has 0 aromatic heterocycles. The van der Waals surface area contributed by atoms with Crippen LogP contribution in [0.1, 0.15) is 12.8 Å². The third-order valence-corrected chi connectivity index (χ3v) is 4.81. The van der Waals surface area contributed by atoms with Crippen LogP contribution in [0.3, 0.4) is 0 Å². The van der Waals surface area contributed by atoms with Gasteiger partial charge >= 0.3 is 0 Å². The lowest BCUT2D eigenvalue weighted by Gasteiger charge is -2.42. The zero-order chi connectivity index (χ0) is 13.8. The number of piperidine rings is 1. The molecule has 2 heterocycles. The van der Waals surface area contributed by atoms with Gasteiger partial charge in [-0.2, -0.15) is 5.26 Å². The predicted molar refractivity (Wildman–Crippen MR) is 79.4 cm³/mol. The number of ether oxygens (including phenoxy) is 1. The van der Waals surface area contributed by atoms with Gasteiger partial charge in [0.1, 0.15) is 11.6 Å². The van der Waals surface area contributed by atoms with Crippen LogP contribution in [-0.4, -0.2) is 52.8 Å². The van der Waals surface area contributed by atoms with Crippen LogP contribution in [0.5, 0.6) is 0 Å². The van der Waals surface area contributed by atoms with Gasteiger partial charge in [-0.1, -0.05) is 6.58 Å². The summed E-state index contributed by atoms with van der Waals surface area (Å²) in [5, 5.41) is 8.83. The van der Waals surface area contributed by atoms with E-state index in [1.807, 2.05) is 6.07 Å². The summed E-state index contributed by atoms with van der Waals surface area (Å²) < 4.78 is 7.81. The number of carbonyl (C=O) groups excluding carboxylic acids is 1. The summed E-state index contributed by atoms with van der Waals surface area (Å²) in [6, 6.07) is 1.95. The van der Waals surface area contributed by atoms with Gasteiger partial charge in [0.15, 0.2) is 0 Å². The SMILES string of the molecule is C=C(C#N)C(=O)N1CCOCC1C1CCN(I)CC1. The first-order chi connectivity index (χ1) is 9.13. The van der Waals surface area contributed by atoms with Crippen molar-refractivity contribution >= 4 is 28.8 Å². The monoisotopic (exact) mass is 375 g/mol. The van der Waals surface area contributed by atoms with Crippen LogP contribution in [0, 0.1) is 17.2 Å². The molecule has 2 saturated heterocycles. The number of rotatable bonds is 2. The van der Waals surface area contributed by atoms with Gasteiger partial charge in [-0.25, -0.2) is 3.11 Å². The van der Waals surface area contributed by atoms with Crippen molar-refractivity contribution in [3.8, 4) is 6.07 Å². The Kier molecular flexibility index (Phi) is 5.19. The fourth-order valence-electron chi connectivity index (χ4n) is 2.74. The average Bonchev–Trinajstić information content (AvgIpc) is 2.46. The minimum atomic E-state index is -0.229. The highest BCUT2D eigenvalue weighted by atomic mass is 127. The first kappa shape index (κ1) is 14.8. The lowest BCUT2D eigenvalue weighted by atomic mass is 9.88. The van der Waals surface area contributed by atoms with Crippen molar-refractivity contribution in [2.24, 2.45) is 5.92 Å². The lowest BCUT2D eigenvalue weighted by Crippen LogP contribution is -2.53. The first-order valence-corrected chi connectivity index (χ1v) is 7.48. The molecule has 0 aliphatic carbocycles. The van der Waals surface area contributed by atoms with Gasteiger partial charge in [-0.05, 0) is 18.8 Å². The lowest BCUT2D eigenvalue weighted by molar-refractivity contribution is -0.138. The number of halogens is 1. The normalized spacial score (nSPS) is 25.9. The molecule has 0 aromatic carbocycles. The van der Waals surface area contributed by atoms with Crippen LogP contribution in [-0.2, 0) is 9.53 Å². The number of carbonyl (C=O) groups is 1. The maximum absolute atomic E-state index is 12.2. The second kappa shape index (κ2) is 6.68. The summed E-state index contributed by atoms with van der Waals surface area (Å²) in [4.78, 5) is 14.0. The summed E-state index contributed by atoms with van der Waals surface area (Å²) in [5.74, 6) is 0.231. The molecule has 5 nitrogen and oxygen atoms in total. The number of nitrogens with zero attached hydrogens (tertiary/aromatic N) is 3. The molecule has 0 N–H and O–H groups in total. The fourth-order valence-corrected chi connectivity index (χ4v) is 3.30. The van der Waals surface area contributed by atoms with E-state index in [-0.39, 0.29) is 17.5 Å². The molecule has 2 fully saturated rings. The van der Waals surface area contributed by atoms with E-state index in [9.17, 15) is 4.79 Å². The molecule has 1 unspecified atom stereocenters. The standard InChI is InChI=1S/C13H18IN3O2/c1-10(8-15)13(18)17-6-7-19-9-12(17)11-2-4-16(14)5-3-11/h11-12H,1-7,9H2. The molecule has 2 aliphatic rings. The molecular weight excluding hydrogens is 357 g/mol. The Hall–Kier alpha value is -0.650. The molecule has 1 amide bonds. The van der Waals surface area contributed by atoms with Crippen LogP contribution >= 0.6 is 22.9 Å².